The van der Waals surface area contributed by atoms with Crippen LogP contribution in [-0.4, -0.2) is 43.6 Å². The zero-order chi connectivity index (χ0) is 9.52. The maximum absolute atomic E-state index is 5.80. The van der Waals surface area contributed by atoms with Gasteiger partial charge in [-0.25, -0.2) is 0 Å². The Morgan fingerprint density at radius 1 is 1.46 bits per heavy atom. The summed E-state index contributed by atoms with van der Waals surface area (Å²) in [7, 11) is 0. The number of halogens is 1. The van der Waals surface area contributed by atoms with Crippen LogP contribution in [-0.2, 0) is 4.74 Å². The van der Waals surface area contributed by atoms with Gasteiger partial charge in [0.25, 0.3) is 0 Å². The van der Waals surface area contributed by atoms with Gasteiger partial charge in [0.15, 0.2) is 0 Å². The van der Waals surface area contributed by atoms with Gasteiger partial charge in [-0.1, -0.05) is 6.92 Å². The first-order valence-corrected chi connectivity index (χ1v) is 5.76. The number of hydrogen-bond donors (Lipinski definition) is 0. The van der Waals surface area contributed by atoms with Crippen molar-refractivity contribution in [2.24, 2.45) is 5.92 Å². The molecule has 0 aliphatic carbocycles. The molecule has 1 fully saturated rings. The molecule has 1 rings (SSSR count). The lowest BCUT2D eigenvalue weighted by atomic mass is 10.2. The van der Waals surface area contributed by atoms with E-state index in [4.69, 9.17) is 16.3 Å². The minimum absolute atomic E-state index is 0.716. The third-order valence-corrected chi connectivity index (χ3v) is 2.92. The first-order chi connectivity index (χ1) is 6.36. The highest BCUT2D eigenvalue weighted by Gasteiger charge is 2.20. The molecule has 0 radical (unpaired) electrons. The number of ether oxygens (including phenoxy) is 1. The monoisotopic (exact) mass is 205 g/mol. The van der Waals surface area contributed by atoms with E-state index < -0.39 is 0 Å². The van der Waals surface area contributed by atoms with Gasteiger partial charge in [-0.05, 0) is 25.3 Å². The summed E-state index contributed by atoms with van der Waals surface area (Å²) in [5.41, 5.74) is 0. The van der Waals surface area contributed by atoms with Crippen molar-refractivity contribution in [3.63, 3.8) is 0 Å². The van der Waals surface area contributed by atoms with Gasteiger partial charge in [0.2, 0.25) is 0 Å². The molecule has 0 spiro atoms. The fourth-order valence-electron chi connectivity index (χ4n) is 1.68. The molecular formula is C10H20ClNO. The molecule has 3 heteroatoms. The fraction of sp³-hybridized carbons (Fsp3) is 1.00. The fourth-order valence-corrected chi connectivity index (χ4v) is 1.93. The molecule has 1 aliphatic heterocycles. The number of rotatable bonds is 6. The number of alkyl halides is 1. The van der Waals surface area contributed by atoms with E-state index in [1.54, 1.807) is 0 Å². The standard InChI is InChI=1S/C10H20ClNO/c1-2-6-13-7-5-12-4-3-10(8-11)9-12/h10H,2-9H2,1H3. The smallest absolute Gasteiger partial charge is 0.0593 e. The molecule has 0 aromatic heterocycles. The zero-order valence-corrected chi connectivity index (χ0v) is 9.22. The molecule has 0 bridgehead atoms. The lowest BCUT2D eigenvalue weighted by molar-refractivity contribution is 0.111. The molecule has 78 valence electrons. The number of nitrogens with zero attached hydrogens (tertiary/aromatic N) is 1. The predicted octanol–water partition coefficient (Wildman–Crippen LogP) is 1.97. The molecular weight excluding hydrogens is 186 g/mol. The van der Waals surface area contributed by atoms with Crippen molar-refractivity contribution in [1.29, 1.82) is 0 Å². The van der Waals surface area contributed by atoms with Gasteiger partial charge in [0.1, 0.15) is 0 Å². The molecule has 0 saturated carbocycles. The second kappa shape index (κ2) is 6.63. The summed E-state index contributed by atoms with van der Waals surface area (Å²) in [5, 5.41) is 0. The van der Waals surface area contributed by atoms with Crippen molar-refractivity contribution in [3.05, 3.63) is 0 Å². The van der Waals surface area contributed by atoms with Crippen LogP contribution in [0.2, 0.25) is 0 Å². The summed E-state index contributed by atoms with van der Waals surface area (Å²) < 4.78 is 5.44. The molecule has 0 aromatic carbocycles. The van der Waals surface area contributed by atoms with Crippen molar-refractivity contribution in [3.8, 4) is 0 Å². The van der Waals surface area contributed by atoms with Gasteiger partial charge in [-0.2, -0.15) is 0 Å². The molecule has 0 aromatic rings. The van der Waals surface area contributed by atoms with E-state index in [-0.39, 0.29) is 0 Å². The summed E-state index contributed by atoms with van der Waals surface area (Å²) in [6.45, 7) is 7.36. The summed E-state index contributed by atoms with van der Waals surface area (Å²) in [5.74, 6) is 1.53. The van der Waals surface area contributed by atoms with E-state index in [2.05, 4.69) is 11.8 Å². The minimum atomic E-state index is 0.716. The van der Waals surface area contributed by atoms with E-state index in [9.17, 15) is 0 Å². The molecule has 0 amide bonds. The lowest BCUT2D eigenvalue weighted by Crippen LogP contribution is -2.25. The molecule has 1 aliphatic rings. The maximum atomic E-state index is 5.80. The van der Waals surface area contributed by atoms with E-state index in [1.165, 1.54) is 19.5 Å². The molecule has 2 nitrogen and oxygen atoms in total. The highest BCUT2D eigenvalue weighted by atomic mass is 35.5. The Kier molecular flexibility index (Phi) is 5.76. The topological polar surface area (TPSA) is 12.5 Å². The summed E-state index contributed by atoms with van der Waals surface area (Å²) in [6.07, 6.45) is 2.38. The quantitative estimate of drug-likeness (QED) is 0.486. The van der Waals surface area contributed by atoms with Gasteiger partial charge in [0.05, 0.1) is 6.61 Å². The van der Waals surface area contributed by atoms with Gasteiger partial charge in [0, 0.05) is 25.6 Å². The Hall–Kier alpha value is 0.210. The molecule has 13 heavy (non-hydrogen) atoms. The summed E-state index contributed by atoms with van der Waals surface area (Å²) in [6, 6.07) is 0. The Labute approximate surface area is 86.2 Å². The van der Waals surface area contributed by atoms with Gasteiger partial charge in [-0.15, -0.1) is 11.6 Å². The third-order valence-electron chi connectivity index (χ3n) is 2.49. The van der Waals surface area contributed by atoms with Gasteiger partial charge >= 0.3 is 0 Å². The predicted molar refractivity (Wildman–Crippen MR) is 56.4 cm³/mol. The van der Waals surface area contributed by atoms with Crippen LogP contribution in [0.1, 0.15) is 19.8 Å². The van der Waals surface area contributed by atoms with Crippen LogP contribution in [0.4, 0.5) is 0 Å². The van der Waals surface area contributed by atoms with E-state index in [1.807, 2.05) is 0 Å². The van der Waals surface area contributed by atoms with E-state index in [0.717, 1.165) is 32.1 Å². The van der Waals surface area contributed by atoms with Crippen molar-refractivity contribution in [1.82, 2.24) is 4.90 Å². The SMILES string of the molecule is CCCOCCN1CCC(CCl)C1. The molecule has 1 unspecified atom stereocenters. The number of likely N-dealkylation sites (tertiary alicyclic amines) is 1. The normalized spacial score (nSPS) is 24.0. The Morgan fingerprint density at radius 2 is 2.31 bits per heavy atom. The average Bonchev–Trinajstić information content (AvgIpc) is 2.60. The number of hydrogen-bond acceptors (Lipinski definition) is 2. The molecule has 1 heterocycles. The van der Waals surface area contributed by atoms with Gasteiger partial charge < -0.3 is 9.64 Å². The second-order valence-corrected chi connectivity index (χ2v) is 4.03. The van der Waals surface area contributed by atoms with Crippen LogP contribution in [0.5, 0.6) is 0 Å². The molecule has 1 atom stereocenters. The van der Waals surface area contributed by atoms with Crippen molar-refractivity contribution >= 4 is 11.6 Å². The van der Waals surface area contributed by atoms with Crippen LogP contribution < -0.4 is 0 Å². The van der Waals surface area contributed by atoms with Crippen LogP contribution in [0, 0.1) is 5.92 Å². The Morgan fingerprint density at radius 3 is 2.92 bits per heavy atom. The maximum Gasteiger partial charge on any atom is 0.0593 e. The molecule has 0 N–H and O–H groups in total. The van der Waals surface area contributed by atoms with Crippen LogP contribution in [0.15, 0.2) is 0 Å². The second-order valence-electron chi connectivity index (χ2n) is 3.72. The average molecular weight is 206 g/mol. The third kappa shape index (κ3) is 4.30. The Bertz CT molecular complexity index is 132. The van der Waals surface area contributed by atoms with Crippen molar-refractivity contribution in [2.75, 3.05) is 38.7 Å². The summed E-state index contributed by atoms with van der Waals surface area (Å²) >= 11 is 5.80. The first kappa shape index (κ1) is 11.3. The van der Waals surface area contributed by atoms with Crippen molar-refractivity contribution < 1.29 is 4.74 Å². The van der Waals surface area contributed by atoms with Crippen LogP contribution in [0.3, 0.4) is 0 Å². The van der Waals surface area contributed by atoms with E-state index >= 15 is 0 Å². The van der Waals surface area contributed by atoms with Crippen LogP contribution >= 0.6 is 11.6 Å². The lowest BCUT2D eigenvalue weighted by Gasteiger charge is -2.14. The highest BCUT2D eigenvalue weighted by molar-refractivity contribution is 6.18. The largest absolute Gasteiger partial charge is 0.380 e. The first-order valence-electron chi connectivity index (χ1n) is 5.23. The van der Waals surface area contributed by atoms with Crippen molar-refractivity contribution in [2.45, 2.75) is 19.8 Å². The summed E-state index contributed by atoms with van der Waals surface area (Å²) in [4.78, 5) is 2.45. The highest BCUT2D eigenvalue weighted by Crippen LogP contribution is 2.16. The van der Waals surface area contributed by atoms with E-state index in [0.29, 0.717) is 5.92 Å². The molecule has 1 saturated heterocycles. The Balaban J connectivity index is 1.97. The zero-order valence-electron chi connectivity index (χ0n) is 8.47. The van der Waals surface area contributed by atoms with Gasteiger partial charge in [-0.3, -0.25) is 0 Å². The minimum Gasteiger partial charge on any atom is -0.380 e. The van der Waals surface area contributed by atoms with Crippen LogP contribution in [0.25, 0.3) is 0 Å².